The number of nitrogens with zero attached hydrogens (tertiary/aromatic N) is 4. The first-order valence-electron chi connectivity index (χ1n) is 8.20. The standard InChI is InChI=1S/C17H23N5O2/c1-19-10-12-21(13-11-19)15-4-5-17(22(23)24)16(14-15)18-6-9-20-7-2-3-8-20/h2-5,7-8,14,18H,6,9-13H2,1H3. The van der Waals surface area contributed by atoms with Gasteiger partial charge in [0.25, 0.3) is 5.69 Å². The second-order valence-corrected chi connectivity index (χ2v) is 6.10. The summed E-state index contributed by atoms with van der Waals surface area (Å²) in [4.78, 5) is 15.5. The Kier molecular flexibility index (Phi) is 5.00. The van der Waals surface area contributed by atoms with Gasteiger partial charge in [-0.15, -0.1) is 0 Å². The molecule has 0 radical (unpaired) electrons. The molecule has 24 heavy (non-hydrogen) atoms. The van der Waals surface area contributed by atoms with Gasteiger partial charge in [-0.05, 0) is 31.3 Å². The third-order valence-corrected chi connectivity index (χ3v) is 4.40. The second kappa shape index (κ2) is 7.35. The number of hydrogen-bond donors (Lipinski definition) is 1. The number of aromatic nitrogens is 1. The highest BCUT2D eigenvalue weighted by atomic mass is 16.6. The van der Waals surface area contributed by atoms with Gasteiger partial charge in [-0.25, -0.2) is 0 Å². The van der Waals surface area contributed by atoms with Crippen molar-refractivity contribution in [3.63, 3.8) is 0 Å². The fourth-order valence-corrected chi connectivity index (χ4v) is 2.93. The van der Waals surface area contributed by atoms with Crippen molar-refractivity contribution in [2.75, 3.05) is 50.0 Å². The summed E-state index contributed by atoms with van der Waals surface area (Å²) in [5.41, 5.74) is 1.75. The monoisotopic (exact) mass is 329 g/mol. The minimum absolute atomic E-state index is 0.125. The Morgan fingerprint density at radius 2 is 1.88 bits per heavy atom. The Morgan fingerprint density at radius 3 is 2.54 bits per heavy atom. The molecule has 0 saturated carbocycles. The van der Waals surface area contributed by atoms with Gasteiger partial charge in [0.1, 0.15) is 5.69 Å². The summed E-state index contributed by atoms with van der Waals surface area (Å²) in [5.74, 6) is 0. The molecule has 1 saturated heterocycles. The lowest BCUT2D eigenvalue weighted by Crippen LogP contribution is -2.44. The van der Waals surface area contributed by atoms with Gasteiger partial charge in [0.05, 0.1) is 4.92 Å². The Morgan fingerprint density at radius 1 is 1.17 bits per heavy atom. The van der Waals surface area contributed by atoms with Crippen LogP contribution in [-0.4, -0.2) is 54.2 Å². The molecule has 0 aliphatic carbocycles. The van der Waals surface area contributed by atoms with Crippen molar-refractivity contribution in [3.8, 4) is 0 Å². The third kappa shape index (κ3) is 3.86. The number of nitrogens with one attached hydrogen (secondary N) is 1. The van der Waals surface area contributed by atoms with Gasteiger partial charge in [-0.2, -0.15) is 0 Å². The van der Waals surface area contributed by atoms with Gasteiger partial charge in [0, 0.05) is 63.4 Å². The largest absolute Gasteiger partial charge is 0.378 e. The second-order valence-electron chi connectivity index (χ2n) is 6.10. The molecule has 1 aromatic carbocycles. The molecule has 0 unspecified atom stereocenters. The molecule has 2 heterocycles. The lowest BCUT2D eigenvalue weighted by molar-refractivity contribution is -0.383. The number of likely N-dealkylation sites (N-methyl/N-ethyl adjacent to an activating group) is 1. The van der Waals surface area contributed by atoms with Gasteiger partial charge in [0.15, 0.2) is 0 Å². The van der Waals surface area contributed by atoms with Gasteiger partial charge >= 0.3 is 0 Å². The summed E-state index contributed by atoms with van der Waals surface area (Å²) in [5, 5.41) is 14.5. The Balaban J connectivity index is 1.71. The highest BCUT2D eigenvalue weighted by Crippen LogP contribution is 2.30. The summed E-state index contributed by atoms with van der Waals surface area (Å²) >= 11 is 0. The molecule has 1 N–H and O–H groups in total. The highest BCUT2D eigenvalue weighted by molar-refractivity contribution is 5.69. The topological polar surface area (TPSA) is 66.6 Å². The van der Waals surface area contributed by atoms with E-state index in [9.17, 15) is 10.1 Å². The summed E-state index contributed by atoms with van der Waals surface area (Å²) in [6.45, 7) is 5.31. The van der Waals surface area contributed by atoms with E-state index in [0.29, 0.717) is 12.2 Å². The van der Waals surface area contributed by atoms with Crippen LogP contribution in [0.15, 0.2) is 42.7 Å². The number of hydrogen-bond acceptors (Lipinski definition) is 5. The van der Waals surface area contributed by atoms with Gasteiger partial charge < -0.3 is 19.7 Å². The zero-order valence-corrected chi connectivity index (χ0v) is 13.9. The van der Waals surface area contributed by atoms with Crippen molar-refractivity contribution < 1.29 is 4.92 Å². The van der Waals surface area contributed by atoms with Crippen LogP contribution in [0.2, 0.25) is 0 Å². The minimum Gasteiger partial charge on any atom is -0.378 e. The number of anilines is 2. The maximum absolute atomic E-state index is 11.3. The van der Waals surface area contributed by atoms with E-state index in [-0.39, 0.29) is 10.6 Å². The van der Waals surface area contributed by atoms with E-state index in [4.69, 9.17) is 0 Å². The number of rotatable bonds is 6. The average molecular weight is 329 g/mol. The van der Waals surface area contributed by atoms with Crippen molar-refractivity contribution in [2.45, 2.75) is 6.54 Å². The molecule has 7 nitrogen and oxygen atoms in total. The van der Waals surface area contributed by atoms with Crippen molar-refractivity contribution in [1.29, 1.82) is 0 Å². The number of nitro benzene ring substituents is 1. The van der Waals surface area contributed by atoms with Crippen LogP contribution in [0.5, 0.6) is 0 Å². The minimum atomic E-state index is -0.328. The molecule has 1 aliphatic heterocycles. The van der Waals surface area contributed by atoms with Crippen LogP contribution >= 0.6 is 0 Å². The number of piperazine rings is 1. The van der Waals surface area contributed by atoms with Crippen LogP contribution in [0.3, 0.4) is 0 Å². The Hall–Kier alpha value is -2.54. The van der Waals surface area contributed by atoms with Crippen LogP contribution < -0.4 is 10.2 Å². The van der Waals surface area contributed by atoms with Gasteiger partial charge in [-0.3, -0.25) is 10.1 Å². The molecule has 2 aromatic rings. The van der Waals surface area contributed by atoms with Crippen LogP contribution in [0.4, 0.5) is 17.1 Å². The highest BCUT2D eigenvalue weighted by Gasteiger charge is 2.19. The lowest BCUT2D eigenvalue weighted by Gasteiger charge is -2.34. The normalized spacial score (nSPS) is 15.5. The molecule has 1 aliphatic rings. The SMILES string of the molecule is CN1CCN(c2ccc([N+](=O)[O-])c(NCCn3cccc3)c2)CC1. The zero-order chi connectivity index (χ0) is 16.9. The van der Waals surface area contributed by atoms with Crippen molar-refractivity contribution >= 4 is 17.1 Å². The lowest BCUT2D eigenvalue weighted by atomic mass is 10.2. The molecule has 3 rings (SSSR count). The molecule has 1 aromatic heterocycles. The first-order valence-corrected chi connectivity index (χ1v) is 8.20. The quantitative estimate of drug-likeness (QED) is 0.650. The van der Waals surface area contributed by atoms with E-state index in [0.717, 1.165) is 38.4 Å². The van der Waals surface area contributed by atoms with Crippen molar-refractivity contribution in [3.05, 3.63) is 52.8 Å². The maximum Gasteiger partial charge on any atom is 0.292 e. The van der Waals surface area contributed by atoms with E-state index in [1.165, 1.54) is 0 Å². The average Bonchev–Trinajstić information content (AvgIpc) is 3.08. The summed E-state index contributed by atoms with van der Waals surface area (Å²) in [7, 11) is 2.11. The fourth-order valence-electron chi connectivity index (χ4n) is 2.93. The van der Waals surface area contributed by atoms with Crippen LogP contribution in [0.1, 0.15) is 0 Å². The van der Waals surface area contributed by atoms with E-state index in [1.807, 2.05) is 41.2 Å². The van der Waals surface area contributed by atoms with Crippen molar-refractivity contribution in [2.24, 2.45) is 0 Å². The molecule has 7 heteroatoms. The summed E-state index contributed by atoms with van der Waals surface area (Å²) in [6.07, 6.45) is 3.97. The van der Waals surface area contributed by atoms with Crippen molar-refractivity contribution in [1.82, 2.24) is 9.47 Å². The molecular formula is C17H23N5O2. The van der Waals surface area contributed by atoms with Gasteiger partial charge in [0.2, 0.25) is 0 Å². The van der Waals surface area contributed by atoms with E-state index >= 15 is 0 Å². The predicted octanol–water partition coefficient (Wildman–Crippen LogP) is 2.26. The Bertz CT molecular complexity index is 678. The van der Waals surface area contributed by atoms with Crippen LogP contribution in [0, 0.1) is 10.1 Å². The first kappa shape index (κ1) is 16.3. The van der Waals surface area contributed by atoms with E-state index in [1.54, 1.807) is 6.07 Å². The molecule has 0 spiro atoms. The molecule has 1 fully saturated rings. The zero-order valence-electron chi connectivity index (χ0n) is 13.9. The third-order valence-electron chi connectivity index (χ3n) is 4.40. The number of nitro groups is 1. The van der Waals surface area contributed by atoms with E-state index < -0.39 is 0 Å². The summed E-state index contributed by atoms with van der Waals surface area (Å²) in [6, 6.07) is 9.29. The fraction of sp³-hybridized carbons (Fsp3) is 0.412. The smallest absolute Gasteiger partial charge is 0.292 e. The molecule has 0 atom stereocenters. The first-order chi connectivity index (χ1) is 11.6. The molecule has 128 valence electrons. The van der Waals surface area contributed by atoms with Crippen LogP contribution in [-0.2, 0) is 6.54 Å². The maximum atomic E-state index is 11.3. The van der Waals surface area contributed by atoms with E-state index in [2.05, 4.69) is 22.2 Å². The number of benzene rings is 1. The molecular weight excluding hydrogens is 306 g/mol. The predicted molar refractivity (Wildman–Crippen MR) is 95.7 cm³/mol. The van der Waals surface area contributed by atoms with Crippen LogP contribution in [0.25, 0.3) is 0 Å². The molecule has 0 bridgehead atoms. The molecule has 0 amide bonds. The Labute approximate surface area is 141 Å². The van der Waals surface area contributed by atoms with Gasteiger partial charge in [-0.1, -0.05) is 0 Å². The summed E-state index contributed by atoms with van der Waals surface area (Å²) < 4.78 is 2.04.